The molecular weight excluding hydrogens is 392 g/mol. The molecule has 6 heteroatoms. The van der Waals surface area contributed by atoms with E-state index in [1.54, 1.807) is 54.7 Å². The zero-order chi connectivity index (χ0) is 21.6. The van der Waals surface area contributed by atoms with E-state index in [-0.39, 0.29) is 11.5 Å². The van der Waals surface area contributed by atoms with E-state index in [4.69, 9.17) is 14.7 Å². The Morgan fingerprint density at radius 1 is 0.935 bits per heavy atom. The fourth-order valence-electron chi connectivity index (χ4n) is 3.30. The minimum atomic E-state index is -1.12. The predicted octanol–water partition coefficient (Wildman–Crippen LogP) is 4.59. The first-order valence-electron chi connectivity index (χ1n) is 9.64. The van der Waals surface area contributed by atoms with Crippen molar-refractivity contribution in [2.75, 3.05) is 6.61 Å². The summed E-state index contributed by atoms with van der Waals surface area (Å²) in [6.07, 6.45) is 0.499. The number of aromatic nitrogens is 1. The van der Waals surface area contributed by atoms with Crippen LogP contribution in [0.4, 0.5) is 0 Å². The average molecular weight is 410 g/mol. The molecule has 0 aliphatic carbocycles. The van der Waals surface area contributed by atoms with Crippen LogP contribution in [-0.2, 0) is 9.53 Å². The molecule has 4 rings (SSSR count). The highest BCUT2D eigenvalue weighted by Gasteiger charge is 2.28. The summed E-state index contributed by atoms with van der Waals surface area (Å²) < 4.78 is 11.0. The van der Waals surface area contributed by atoms with Gasteiger partial charge < -0.3 is 14.5 Å². The number of hydrogen-bond donors (Lipinski definition) is 1. The minimum absolute atomic E-state index is 0.279. The molecule has 31 heavy (non-hydrogen) atoms. The second kappa shape index (κ2) is 8.97. The number of benzene rings is 3. The molecule has 152 valence electrons. The van der Waals surface area contributed by atoms with Crippen LogP contribution in [0, 0.1) is 11.3 Å². The number of ether oxygens (including phenoxy) is 2. The maximum Gasteiger partial charge on any atom is 0.345 e. The zero-order valence-corrected chi connectivity index (χ0v) is 16.4. The van der Waals surface area contributed by atoms with Gasteiger partial charge in [-0.05, 0) is 18.2 Å². The lowest BCUT2D eigenvalue weighted by Crippen LogP contribution is -2.23. The Balaban J connectivity index is 1.57. The van der Waals surface area contributed by atoms with Gasteiger partial charge in [0, 0.05) is 28.2 Å². The summed E-state index contributed by atoms with van der Waals surface area (Å²) in [5.41, 5.74) is 2.13. The maximum absolute atomic E-state index is 13.3. The van der Waals surface area contributed by atoms with Crippen molar-refractivity contribution >= 4 is 22.7 Å². The molecule has 1 aromatic heterocycles. The normalized spacial score (nSPS) is 11.5. The van der Waals surface area contributed by atoms with Gasteiger partial charge in [-0.3, -0.25) is 4.79 Å². The van der Waals surface area contributed by atoms with E-state index >= 15 is 0 Å². The molecule has 1 heterocycles. The Morgan fingerprint density at radius 3 is 2.45 bits per heavy atom. The number of hydrogen-bond acceptors (Lipinski definition) is 5. The van der Waals surface area contributed by atoms with Crippen LogP contribution in [-0.4, -0.2) is 23.3 Å². The molecule has 3 aromatic carbocycles. The number of ketones is 1. The number of para-hydroxylation sites is 2. The van der Waals surface area contributed by atoms with E-state index in [2.05, 4.69) is 4.98 Å². The standard InChI is InChI=1S/C25H18N2O4/c26-14-18-10-4-7-13-22(18)30-16-23(28)31-25(17-8-2-1-3-9-17)24(29)20-15-27-21-12-6-5-11-19(20)21/h1-13,15,25,27H,16H2/t25-/m0/s1. The van der Waals surface area contributed by atoms with Crippen molar-refractivity contribution in [1.82, 2.24) is 4.98 Å². The molecule has 0 radical (unpaired) electrons. The Morgan fingerprint density at radius 2 is 1.65 bits per heavy atom. The van der Waals surface area contributed by atoms with Crippen LogP contribution in [0.3, 0.4) is 0 Å². The van der Waals surface area contributed by atoms with Gasteiger partial charge in [0.2, 0.25) is 5.78 Å². The molecule has 0 amide bonds. The summed E-state index contributed by atoms with van der Waals surface area (Å²) in [7, 11) is 0. The lowest BCUT2D eigenvalue weighted by atomic mass is 9.99. The molecule has 0 saturated carbocycles. The SMILES string of the molecule is N#Cc1ccccc1OCC(=O)O[C@H](C(=O)c1c[nH]c2ccccc12)c1ccccc1. The number of aromatic amines is 1. The second-order valence-corrected chi connectivity index (χ2v) is 6.79. The molecule has 1 N–H and O–H groups in total. The van der Waals surface area contributed by atoms with Gasteiger partial charge in [0.1, 0.15) is 11.8 Å². The van der Waals surface area contributed by atoms with Gasteiger partial charge in [-0.2, -0.15) is 5.26 Å². The summed E-state index contributed by atoms with van der Waals surface area (Å²) in [5, 5.41) is 9.90. The third-order valence-corrected chi connectivity index (χ3v) is 4.80. The lowest BCUT2D eigenvalue weighted by molar-refractivity contribution is -0.149. The number of nitrogens with zero attached hydrogens (tertiary/aromatic N) is 1. The highest BCUT2D eigenvalue weighted by molar-refractivity contribution is 6.10. The quantitative estimate of drug-likeness (QED) is 0.355. The molecule has 0 bridgehead atoms. The number of carbonyl (C=O) groups excluding carboxylic acids is 2. The van der Waals surface area contributed by atoms with Crippen LogP contribution in [0.5, 0.6) is 5.75 Å². The highest BCUT2D eigenvalue weighted by atomic mass is 16.6. The Bertz CT molecular complexity index is 1270. The van der Waals surface area contributed by atoms with Crippen LogP contribution >= 0.6 is 0 Å². The number of nitrogens with one attached hydrogen (secondary N) is 1. The first kappa shape index (κ1) is 19.9. The molecule has 0 saturated heterocycles. The second-order valence-electron chi connectivity index (χ2n) is 6.79. The monoisotopic (exact) mass is 410 g/mol. The van der Waals surface area contributed by atoms with Gasteiger partial charge >= 0.3 is 5.97 Å². The molecule has 0 unspecified atom stereocenters. The summed E-state index contributed by atoms with van der Waals surface area (Å²) in [4.78, 5) is 29.0. The van der Waals surface area contributed by atoms with Gasteiger partial charge in [-0.25, -0.2) is 4.79 Å². The Kier molecular flexibility index (Phi) is 5.77. The number of H-pyrrole nitrogens is 1. The molecule has 4 aromatic rings. The summed E-state index contributed by atoms with van der Waals surface area (Å²) in [6.45, 7) is -0.427. The molecule has 6 nitrogen and oxygen atoms in total. The predicted molar refractivity (Wildman–Crippen MR) is 115 cm³/mol. The van der Waals surface area contributed by atoms with E-state index in [1.165, 1.54) is 0 Å². The fourth-order valence-corrected chi connectivity index (χ4v) is 3.30. The fraction of sp³-hybridized carbons (Fsp3) is 0.0800. The lowest BCUT2D eigenvalue weighted by Gasteiger charge is -2.17. The number of rotatable bonds is 7. The minimum Gasteiger partial charge on any atom is -0.481 e. The molecule has 1 atom stereocenters. The largest absolute Gasteiger partial charge is 0.481 e. The van der Waals surface area contributed by atoms with Crippen LogP contribution in [0.1, 0.15) is 27.6 Å². The number of esters is 1. The summed E-state index contributed by atoms with van der Waals surface area (Å²) >= 11 is 0. The topological polar surface area (TPSA) is 92.2 Å². The van der Waals surface area contributed by atoms with Crippen LogP contribution in [0.25, 0.3) is 10.9 Å². The van der Waals surface area contributed by atoms with Gasteiger partial charge in [0.15, 0.2) is 12.7 Å². The van der Waals surface area contributed by atoms with Gasteiger partial charge in [-0.1, -0.05) is 60.7 Å². The van der Waals surface area contributed by atoms with E-state index in [1.807, 2.05) is 36.4 Å². The number of carbonyl (C=O) groups is 2. The third kappa shape index (κ3) is 4.31. The van der Waals surface area contributed by atoms with Crippen molar-refractivity contribution in [2.24, 2.45) is 0 Å². The summed E-state index contributed by atoms with van der Waals surface area (Å²) in [6, 6.07) is 24.9. The molecular formula is C25H18N2O4. The third-order valence-electron chi connectivity index (χ3n) is 4.80. The first-order chi connectivity index (χ1) is 15.2. The number of Topliss-reactive ketones (excluding diaryl/α,β-unsaturated/α-hetero) is 1. The van der Waals surface area contributed by atoms with Gasteiger partial charge in [-0.15, -0.1) is 0 Å². The van der Waals surface area contributed by atoms with Crippen molar-refractivity contribution in [3.05, 3.63) is 102 Å². The van der Waals surface area contributed by atoms with Crippen LogP contribution < -0.4 is 4.74 Å². The van der Waals surface area contributed by atoms with E-state index in [0.717, 1.165) is 10.9 Å². The maximum atomic E-state index is 13.3. The Labute approximate surface area is 178 Å². The van der Waals surface area contributed by atoms with Crippen LogP contribution in [0.2, 0.25) is 0 Å². The molecule has 0 aliphatic rings. The molecule has 0 fully saturated rings. The van der Waals surface area contributed by atoms with Gasteiger partial charge in [0.05, 0.1) is 5.56 Å². The first-order valence-corrected chi connectivity index (χ1v) is 9.64. The smallest absolute Gasteiger partial charge is 0.345 e. The van der Waals surface area contributed by atoms with Crippen molar-refractivity contribution in [3.63, 3.8) is 0 Å². The van der Waals surface area contributed by atoms with Gasteiger partial charge in [0.25, 0.3) is 0 Å². The van der Waals surface area contributed by atoms with Crippen molar-refractivity contribution in [3.8, 4) is 11.8 Å². The van der Waals surface area contributed by atoms with Crippen molar-refractivity contribution in [1.29, 1.82) is 5.26 Å². The van der Waals surface area contributed by atoms with Crippen LogP contribution in [0.15, 0.2) is 85.1 Å². The van der Waals surface area contributed by atoms with E-state index < -0.39 is 18.7 Å². The number of nitriles is 1. The average Bonchev–Trinajstić information content (AvgIpc) is 3.26. The highest BCUT2D eigenvalue weighted by Crippen LogP contribution is 2.27. The summed E-state index contributed by atoms with van der Waals surface area (Å²) in [5.74, 6) is -0.773. The number of fused-ring (bicyclic) bond motifs is 1. The van der Waals surface area contributed by atoms with E-state index in [0.29, 0.717) is 16.7 Å². The van der Waals surface area contributed by atoms with E-state index in [9.17, 15) is 9.59 Å². The van der Waals surface area contributed by atoms with Crippen molar-refractivity contribution < 1.29 is 19.1 Å². The van der Waals surface area contributed by atoms with Crippen molar-refractivity contribution in [2.45, 2.75) is 6.10 Å². The zero-order valence-electron chi connectivity index (χ0n) is 16.4. The molecule has 0 spiro atoms. The Hall–Kier alpha value is -4.37. The molecule has 0 aliphatic heterocycles.